The van der Waals surface area contributed by atoms with Gasteiger partial charge in [0.05, 0.1) is 10.6 Å². The highest BCUT2D eigenvalue weighted by molar-refractivity contribution is 7.92. The van der Waals surface area contributed by atoms with Crippen molar-refractivity contribution in [2.75, 3.05) is 16.7 Å². The average Bonchev–Trinajstić information content (AvgIpc) is 2.74. The van der Waals surface area contributed by atoms with Crippen LogP contribution in [0, 0.1) is 6.92 Å². The Bertz CT molecular complexity index is 1190. The number of rotatable bonds is 6. The minimum absolute atomic E-state index is 0.0260. The van der Waals surface area contributed by atoms with Crippen molar-refractivity contribution < 1.29 is 13.2 Å². The van der Waals surface area contributed by atoms with Crippen molar-refractivity contribution in [3.8, 4) is 0 Å². The van der Waals surface area contributed by atoms with E-state index in [1.165, 1.54) is 19.2 Å². The molecular weight excluding hydrogens is 420 g/mol. The maximum Gasteiger partial charge on any atom is 0.264 e. The second-order valence-electron chi connectivity index (χ2n) is 6.90. The number of carbonyl (C=O) groups excluding carboxylic acids is 1. The Morgan fingerprint density at radius 1 is 1.03 bits per heavy atom. The third-order valence-corrected chi connectivity index (χ3v) is 6.92. The van der Waals surface area contributed by atoms with E-state index in [1.54, 1.807) is 36.4 Å². The molecule has 0 fully saturated rings. The molecular formula is C23H23ClN2O3S. The maximum absolute atomic E-state index is 13.1. The molecule has 3 aromatic rings. The van der Waals surface area contributed by atoms with Gasteiger partial charge in [-0.15, -0.1) is 0 Å². The Hall–Kier alpha value is -2.83. The van der Waals surface area contributed by atoms with Gasteiger partial charge in [0.25, 0.3) is 15.9 Å². The number of nitrogens with zero attached hydrogens (tertiary/aromatic N) is 1. The van der Waals surface area contributed by atoms with E-state index < -0.39 is 10.0 Å². The number of carbonyl (C=O) groups is 1. The van der Waals surface area contributed by atoms with Crippen molar-refractivity contribution in [2.45, 2.75) is 25.2 Å². The van der Waals surface area contributed by atoms with Crippen molar-refractivity contribution in [1.82, 2.24) is 0 Å². The fraction of sp³-hybridized carbons (Fsp3) is 0.174. The van der Waals surface area contributed by atoms with Crippen molar-refractivity contribution in [1.29, 1.82) is 0 Å². The standard InChI is InChI=1S/C23H23ClN2O3S/c1-4-17-9-5-8-16(2)22(17)25-23(27)18-10-6-13-21(14-18)30(28,29)26(3)20-12-7-11-19(24)15-20/h5-15H,4H2,1-3H3,(H,25,27). The van der Waals surface area contributed by atoms with Crippen LogP contribution in [0.3, 0.4) is 0 Å². The summed E-state index contributed by atoms with van der Waals surface area (Å²) in [6, 6.07) is 18.4. The molecule has 7 heteroatoms. The molecule has 0 unspecified atom stereocenters. The van der Waals surface area contributed by atoms with E-state index in [0.29, 0.717) is 10.7 Å². The molecule has 0 heterocycles. The largest absolute Gasteiger partial charge is 0.321 e. The minimum Gasteiger partial charge on any atom is -0.321 e. The zero-order valence-corrected chi connectivity index (χ0v) is 18.6. The Kier molecular flexibility index (Phi) is 6.48. The highest BCUT2D eigenvalue weighted by Crippen LogP contribution is 2.26. The van der Waals surface area contributed by atoms with Gasteiger partial charge in [0.15, 0.2) is 0 Å². The summed E-state index contributed by atoms with van der Waals surface area (Å²) in [5, 5.41) is 3.37. The molecule has 1 N–H and O–H groups in total. The molecule has 30 heavy (non-hydrogen) atoms. The first-order chi connectivity index (χ1) is 14.2. The lowest BCUT2D eigenvalue weighted by Gasteiger charge is -2.20. The number of aryl methyl sites for hydroxylation is 2. The smallest absolute Gasteiger partial charge is 0.264 e. The summed E-state index contributed by atoms with van der Waals surface area (Å²) >= 11 is 5.99. The molecule has 1 amide bonds. The lowest BCUT2D eigenvalue weighted by molar-refractivity contribution is 0.102. The van der Waals surface area contributed by atoms with Gasteiger partial charge in [-0.05, 0) is 60.9 Å². The molecule has 0 bridgehead atoms. The van der Waals surface area contributed by atoms with Crippen LogP contribution in [-0.2, 0) is 16.4 Å². The predicted molar refractivity (Wildman–Crippen MR) is 122 cm³/mol. The van der Waals surface area contributed by atoms with Gasteiger partial charge in [0, 0.05) is 23.3 Å². The summed E-state index contributed by atoms with van der Waals surface area (Å²) in [6.07, 6.45) is 0.774. The normalized spacial score (nSPS) is 11.2. The topological polar surface area (TPSA) is 66.5 Å². The molecule has 156 valence electrons. The molecule has 0 aliphatic carbocycles. The van der Waals surface area contributed by atoms with Crippen LogP contribution in [0.4, 0.5) is 11.4 Å². The lowest BCUT2D eigenvalue weighted by Crippen LogP contribution is -2.27. The minimum atomic E-state index is -3.86. The van der Waals surface area contributed by atoms with Crippen LogP contribution in [0.1, 0.15) is 28.4 Å². The van der Waals surface area contributed by atoms with Gasteiger partial charge in [-0.1, -0.05) is 48.9 Å². The Labute approximate surface area is 182 Å². The third kappa shape index (κ3) is 4.50. The first-order valence-corrected chi connectivity index (χ1v) is 11.3. The van der Waals surface area contributed by atoms with E-state index in [1.807, 2.05) is 32.0 Å². The quantitative estimate of drug-likeness (QED) is 0.564. The van der Waals surface area contributed by atoms with Crippen molar-refractivity contribution in [2.24, 2.45) is 0 Å². The zero-order chi connectivity index (χ0) is 21.9. The first kappa shape index (κ1) is 21.9. The number of benzene rings is 3. The van der Waals surface area contributed by atoms with Gasteiger partial charge in [0.1, 0.15) is 0 Å². The van der Waals surface area contributed by atoms with Crippen molar-refractivity contribution in [3.05, 3.63) is 88.4 Å². The molecule has 0 aliphatic heterocycles. The molecule has 3 aromatic carbocycles. The van der Waals surface area contributed by atoms with Crippen LogP contribution in [0.25, 0.3) is 0 Å². The predicted octanol–water partition coefficient (Wildman–Crippen LogP) is 5.29. The van der Waals surface area contributed by atoms with Crippen LogP contribution in [-0.4, -0.2) is 21.4 Å². The molecule has 0 aromatic heterocycles. The van der Waals surface area contributed by atoms with Gasteiger partial charge in [0.2, 0.25) is 0 Å². The van der Waals surface area contributed by atoms with E-state index >= 15 is 0 Å². The molecule has 0 atom stereocenters. The lowest BCUT2D eigenvalue weighted by atomic mass is 10.1. The Morgan fingerprint density at radius 3 is 2.43 bits per heavy atom. The van der Waals surface area contributed by atoms with Crippen LogP contribution < -0.4 is 9.62 Å². The summed E-state index contributed by atoms with van der Waals surface area (Å²) in [4.78, 5) is 12.9. The van der Waals surface area contributed by atoms with E-state index in [9.17, 15) is 13.2 Å². The van der Waals surface area contributed by atoms with E-state index in [4.69, 9.17) is 11.6 Å². The average molecular weight is 443 g/mol. The summed E-state index contributed by atoms with van der Waals surface area (Å²) in [7, 11) is -2.41. The van der Waals surface area contributed by atoms with Gasteiger partial charge in [-0.25, -0.2) is 8.42 Å². The number of nitrogens with one attached hydrogen (secondary N) is 1. The fourth-order valence-electron chi connectivity index (χ4n) is 3.15. The van der Waals surface area contributed by atoms with Crippen LogP contribution in [0.15, 0.2) is 71.6 Å². The van der Waals surface area contributed by atoms with E-state index in [2.05, 4.69) is 5.32 Å². The van der Waals surface area contributed by atoms with Gasteiger partial charge in [-0.3, -0.25) is 9.10 Å². The molecule has 3 rings (SSSR count). The van der Waals surface area contributed by atoms with Gasteiger partial charge < -0.3 is 5.32 Å². The summed E-state index contributed by atoms with van der Waals surface area (Å²) < 4.78 is 27.3. The number of sulfonamides is 1. The Morgan fingerprint density at radius 2 is 1.73 bits per heavy atom. The third-order valence-electron chi connectivity index (χ3n) is 4.90. The molecule has 0 saturated heterocycles. The number of hydrogen-bond acceptors (Lipinski definition) is 3. The van der Waals surface area contributed by atoms with Gasteiger partial charge >= 0.3 is 0 Å². The maximum atomic E-state index is 13.1. The number of para-hydroxylation sites is 1. The zero-order valence-electron chi connectivity index (χ0n) is 17.0. The van der Waals surface area contributed by atoms with E-state index in [0.717, 1.165) is 27.5 Å². The van der Waals surface area contributed by atoms with E-state index in [-0.39, 0.29) is 16.4 Å². The van der Waals surface area contributed by atoms with Crippen LogP contribution >= 0.6 is 11.6 Å². The summed E-state index contributed by atoms with van der Waals surface area (Å²) in [5.41, 5.74) is 3.43. The molecule has 0 spiro atoms. The summed E-state index contributed by atoms with van der Waals surface area (Å²) in [6.45, 7) is 3.94. The highest BCUT2D eigenvalue weighted by Gasteiger charge is 2.23. The van der Waals surface area contributed by atoms with Gasteiger partial charge in [-0.2, -0.15) is 0 Å². The number of anilines is 2. The van der Waals surface area contributed by atoms with Crippen LogP contribution in [0.2, 0.25) is 5.02 Å². The molecule has 0 aliphatic rings. The second kappa shape index (κ2) is 8.90. The Balaban J connectivity index is 1.91. The second-order valence-corrected chi connectivity index (χ2v) is 9.30. The number of amides is 1. The molecule has 5 nitrogen and oxygen atoms in total. The van der Waals surface area contributed by atoms with Crippen molar-refractivity contribution in [3.63, 3.8) is 0 Å². The highest BCUT2D eigenvalue weighted by atomic mass is 35.5. The number of hydrogen-bond donors (Lipinski definition) is 1. The van der Waals surface area contributed by atoms with Crippen molar-refractivity contribution >= 4 is 38.9 Å². The SMILES string of the molecule is CCc1cccc(C)c1NC(=O)c1cccc(S(=O)(=O)N(C)c2cccc(Cl)c2)c1. The number of halogens is 1. The fourth-order valence-corrected chi connectivity index (χ4v) is 4.57. The monoisotopic (exact) mass is 442 g/mol. The molecule has 0 saturated carbocycles. The molecule has 0 radical (unpaired) electrons. The van der Waals surface area contributed by atoms with Crippen LogP contribution in [0.5, 0.6) is 0 Å². The first-order valence-electron chi connectivity index (χ1n) is 9.48. The summed E-state index contributed by atoms with van der Waals surface area (Å²) in [5.74, 6) is -0.360.